The first-order chi connectivity index (χ1) is 8.47. The predicted molar refractivity (Wildman–Crippen MR) is 72.1 cm³/mol. The lowest BCUT2D eigenvalue weighted by molar-refractivity contribution is -0.117. The van der Waals surface area contributed by atoms with Gasteiger partial charge in [-0.3, -0.25) is 9.59 Å². The molecule has 0 saturated carbocycles. The zero-order chi connectivity index (χ0) is 13.3. The van der Waals surface area contributed by atoms with Gasteiger partial charge in [-0.05, 0) is 12.1 Å². The number of phenolic OH excluding ortho intramolecular Hbond substituents is 1. The van der Waals surface area contributed by atoms with Gasteiger partial charge in [-0.1, -0.05) is 23.4 Å². The second kappa shape index (κ2) is 5.20. The van der Waals surface area contributed by atoms with E-state index in [1.54, 1.807) is 6.07 Å². The quantitative estimate of drug-likeness (QED) is 0.907. The molecule has 1 aromatic rings. The van der Waals surface area contributed by atoms with Crippen molar-refractivity contribution in [1.29, 1.82) is 0 Å². The molecule has 1 heterocycles. The fraction of sp³-hybridized carbons (Fsp3) is 0.333. The number of carbonyl (C=O) groups excluding carboxylic acids is 2. The molecule has 6 heteroatoms. The molecule has 96 valence electrons. The Balaban J connectivity index is 2.21. The molecule has 1 aliphatic rings. The van der Waals surface area contributed by atoms with Crippen LogP contribution in [0.4, 0.5) is 5.69 Å². The van der Waals surface area contributed by atoms with E-state index in [-0.39, 0.29) is 22.0 Å². The number of hydrogen-bond donors (Lipinski definition) is 1. The lowest BCUT2D eigenvalue weighted by Crippen LogP contribution is -2.25. The summed E-state index contributed by atoms with van der Waals surface area (Å²) in [6.45, 7) is 1.92. The number of anilines is 1. The van der Waals surface area contributed by atoms with E-state index in [0.29, 0.717) is 23.7 Å². The van der Waals surface area contributed by atoms with Crippen LogP contribution < -0.4 is 4.90 Å². The summed E-state index contributed by atoms with van der Waals surface area (Å²) in [5, 5.41) is 9.80. The molecular formula is C12H12ClNO3S. The van der Waals surface area contributed by atoms with Gasteiger partial charge in [0.25, 0.3) is 0 Å². The lowest BCUT2D eigenvalue weighted by atomic mass is 10.3. The van der Waals surface area contributed by atoms with Crippen LogP contribution in [0, 0.1) is 0 Å². The first-order valence-corrected chi connectivity index (χ1v) is 6.69. The summed E-state index contributed by atoms with van der Waals surface area (Å²) >= 11 is 7.18. The standard InChI is InChI=1S/C12H12ClNO3S/c1-7(15)18-9-5-12(17)14(6-9)11-4-8(16)2-3-10(11)13/h2-4,9,16H,5-6H2,1H3. The number of phenols is 1. The molecule has 0 bridgehead atoms. The highest BCUT2D eigenvalue weighted by Gasteiger charge is 2.32. The summed E-state index contributed by atoms with van der Waals surface area (Å²) in [6.07, 6.45) is 0.316. The van der Waals surface area contributed by atoms with Crippen molar-refractivity contribution >= 4 is 40.1 Å². The van der Waals surface area contributed by atoms with E-state index in [1.807, 2.05) is 0 Å². The zero-order valence-corrected chi connectivity index (χ0v) is 11.3. The molecule has 1 aliphatic heterocycles. The summed E-state index contributed by atoms with van der Waals surface area (Å²) in [5.41, 5.74) is 0.494. The molecular weight excluding hydrogens is 274 g/mol. The number of nitrogens with zero attached hydrogens (tertiary/aromatic N) is 1. The third-order valence-electron chi connectivity index (χ3n) is 2.64. The van der Waals surface area contributed by atoms with Gasteiger partial charge in [-0.2, -0.15) is 0 Å². The van der Waals surface area contributed by atoms with Crippen LogP contribution in [0.15, 0.2) is 18.2 Å². The maximum absolute atomic E-state index is 11.9. The predicted octanol–water partition coefficient (Wildman–Crippen LogP) is 2.43. The van der Waals surface area contributed by atoms with Crippen LogP contribution in [-0.2, 0) is 9.59 Å². The van der Waals surface area contributed by atoms with Gasteiger partial charge in [0, 0.05) is 31.2 Å². The van der Waals surface area contributed by atoms with Crippen molar-refractivity contribution in [3.63, 3.8) is 0 Å². The molecule has 1 fully saturated rings. The Labute approximate surface area is 114 Å². The summed E-state index contributed by atoms with van der Waals surface area (Å²) in [7, 11) is 0. The molecule has 0 aromatic heterocycles. The van der Waals surface area contributed by atoms with Gasteiger partial charge < -0.3 is 10.0 Å². The molecule has 4 nitrogen and oxygen atoms in total. The molecule has 18 heavy (non-hydrogen) atoms. The first-order valence-electron chi connectivity index (χ1n) is 5.43. The molecule has 1 amide bonds. The first kappa shape index (κ1) is 13.2. The van der Waals surface area contributed by atoms with Crippen molar-refractivity contribution in [2.24, 2.45) is 0 Å². The Bertz CT molecular complexity index is 506. The fourth-order valence-corrected chi connectivity index (χ4v) is 3.07. The topological polar surface area (TPSA) is 57.6 Å². The highest BCUT2D eigenvalue weighted by Crippen LogP contribution is 2.35. The largest absolute Gasteiger partial charge is 0.508 e. The maximum atomic E-state index is 11.9. The van der Waals surface area contributed by atoms with E-state index in [0.717, 1.165) is 0 Å². The Morgan fingerprint density at radius 1 is 1.56 bits per heavy atom. The van der Waals surface area contributed by atoms with Crippen molar-refractivity contribution in [3.8, 4) is 5.75 Å². The van der Waals surface area contributed by atoms with E-state index in [2.05, 4.69) is 0 Å². The number of halogens is 1. The van der Waals surface area contributed by atoms with Crippen molar-refractivity contribution in [2.45, 2.75) is 18.6 Å². The number of amides is 1. The van der Waals surface area contributed by atoms with Crippen LogP contribution in [0.2, 0.25) is 5.02 Å². The smallest absolute Gasteiger partial charge is 0.228 e. The van der Waals surface area contributed by atoms with Crippen molar-refractivity contribution in [2.75, 3.05) is 11.4 Å². The third-order valence-corrected chi connectivity index (χ3v) is 3.94. The van der Waals surface area contributed by atoms with Crippen molar-refractivity contribution in [3.05, 3.63) is 23.2 Å². The molecule has 1 N–H and O–H groups in total. The monoisotopic (exact) mass is 285 g/mol. The summed E-state index contributed by atoms with van der Waals surface area (Å²) < 4.78 is 0. The number of benzene rings is 1. The van der Waals surface area contributed by atoms with Gasteiger partial charge in [0.1, 0.15) is 5.75 Å². The summed E-state index contributed by atoms with van der Waals surface area (Å²) in [4.78, 5) is 24.4. The van der Waals surface area contributed by atoms with Crippen LogP contribution in [-0.4, -0.2) is 27.9 Å². The van der Waals surface area contributed by atoms with Gasteiger partial charge in [0.15, 0.2) is 5.12 Å². The summed E-state index contributed by atoms with van der Waals surface area (Å²) in [6, 6.07) is 4.47. The summed E-state index contributed by atoms with van der Waals surface area (Å²) in [5.74, 6) is -0.0221. The van der Waals surface area contributed by atoms with E-state index >= 15 is 0 Å². The van der Waals surface area contributed by atoms with Crippen LogP contribution >= 0.6 is 23.4 Å². The molecule has 1 atom stereocenters. The van der Waals surface area contributed by atoms with E-state index in [4.69, 9.17) is 11.6 Å². The Hall–Kier alpha value is -1.20. The van der Waals surface area contributed by atoms with Gasteiger partial charge in [0.05, 0.1) is 10.7 Å². The molecule has 2 rings (SSSR count). The van der Waals surface area contributed by atoms with Crippen LogP contribution in [0.25, 0.3) is 0 Å². The Morgan fingerprint density at radius 3 is 2.94 bits per heavy atom. The highest BCUT2D eigenvalue weighted by molar-refractivity contribution is 8.14. The zero-order valence-electron chi connectivity index (χ0n) is 9.72. The van der Waals surface area contributed by atoms with E-state index < -0.39 is 0 Å². The Kier molecular flexibility index (Phi) is 3.82. The molecule has 0 radical (unpaired) electrons. The van der Waals surface area contributed by atoms with E-state index in [9.17, 15) is 14.7 Å². The number of carbonyl (C=O) groups is 2. The number of rotatable bonds is 2. The van der Waals surface area contributed by atoms with Crippen molar-refractivity contribution in [1.82, 2.24) is 0 Å². The molecule has 1 saturated heterocycles. The number of thioether (sulfide) groups is 1. The second-order valence-electron chi connectivity index (χ2n) is 4.08. The van der Waals surface area contributed by atoms with Crippen LogP contribution in [0.3, 0.4) is 0 Å². The van der Waals surface area contributed by atoms with Crippen LogP contribution in [0.5, 0.6) is 5.75 Å². The number of aromatic hydroxyl groups is 1. The number of hydrogen-bond acceptors (Lipinski definition) is 4. The normalized spacial score (nSPS) is 19.3. The molecule has 1 unspecified atom stereocenters. The molecule has 0 aliphatic carbocycles. The second-order valence-corrected chi connectivity index (χ2v) is 5.96. The van der Waals surface area contributed by atoms with Crippen LogP contribution in [0.1, 0.15) is 13.3 Å². The fourth-order valence-electron chi connectivity index (χ4n) is 1.93. The molecule has 1 aromatic carbocycles. The minimum atomic E-state index is -0.0822. The Morgan fingerprint density at radius 2 is 2.28 bits per heavy atom. The van der Waals surface area contributed by atoms with Gasteiger partial charge in [0.2, 0.25) is 5.91 Å². The minimum absolute atomic E-state index is 0.00310. The molecule has 0 spiro atoms. The SMILES string of the molecule is CC(=O)SC1CC(=O)N(c2cc(O)ccc2Cl)C1. The van der Waals surface area contributed by atoms with Gasteiger partial charge in [-0.25, -0.2) is 0 Å². The van der Waals surface area contributed by atoms with Crippen molar-refractivity contribution < 1.29 is 14.7 Å². The minimum Gasteiger partial charge on any atom is -0.508 e. The maximum Gasteiger partial charge on any atom is 0.228 e. The lowest BCUT2D eigenvalue weighted by Gasteiger charge is -2.18. The third kappa shape index (κ3) is 2.79. The van der Waals surface area contributed by atoms with E-state index in [1.165, 1.54) is 35.7 Å². The van der Waals surface area contributed by atoms with Gasteiger partial charge >= 0.3 is 0 Å². The average Bonchev–Trinajstić information content (AvgIpc) is 2.62. The average molecular weight is 286 g/mol. The van der Waals surface area contributed by atoms with Gasteiger partial charge in [-0.15, -0.1) is 0 Å². The highest BCUT2D eigenvalue weighted by atomic mass is 35.5.